The molecule has 4 heteroatoms. The molecule has 21 heavy (non-hydrogen) atoms. The Morgan fingerprint density at radius 2 is 2.10 bits per heavy atom. The summed E-state index contributed by atoms with van der Waals surface area (Å²) in [5.74, 6) is 0.297. The number of hydrogen-bond donors (Lipinski definition) is 1. The van der Waals surface area contributed by atoms with E-state index in [4.69, 9.17) is 4.74 Å². The SMILES string of the molecule is Cc1ccc(F)c(Oc2ncc(CNC3CC3)cc2C)c1. The van der Waals surface area contributed by atoms with E-state index in [1.165, 1.54) is 18.9 Å². The first-order valence-electron chi connectivity index (χ1n) is 7.25. The van der Waals surface area contributed by atoms with Gasteiger partial charge < -0.3 is 10.1 Å². The minimum Gasteiger partial charge on any atom is -0.436 e. The van der Waals surface area contributed by atoms with Gasteiger partial charge in [0, 0.05) is 24.3 Å². The Balaban J connectivity index is 1.74. The fourth-order valence-corrected chi connectivity index (χ4v) is 2.17. The maximum atomic E-state index is 13.7. The average molecular weight is 286 g/mol. The van der Waals surface area contributed by atoms with E-state index in [-0.39, 0.29) is 11.6 Å². The van der Waals surface area contributed by atoms with Crippen LogP contribution in [0, 0.1) is 19.7 Å². The minimum absolute atomic E-state index is 0.217. The van der Waals surface area contributed by atoms with Crippen LogP contribution in [0.2, 0.25) is 0 Å². The van der Waals surface area contributed by atoms with E-state index in [2.05, 4.69) is 10.3 Å². The zero-order valence-electron chi connectivity index (χ0n) is 12.3. The van der Waals surface area contributed by atoms with Crippen molar-refractivity contribution in [1.29, 1.82) is 0 Å². The van der Waals surface area contributed by atoms with Crippen LogP contribution in [-0.4, -0.2) is 11.0 Å². The van der Waals surface area contributed by atoms with Crippen LogP contribution in [0.25, 0.3) is 0 Å². The summed E-state index contributed by atoms with van der Waals surface area (Å²) in [5.41, 5.74) is 2.98. The smallest absolute Gasteiger partial charge is 0.222 e. The Morgan fingerprint density at radius 1 is 1.29 bits per heavy atom. The van der Waals surface area contributed by atoms with E-state index < -0.39 is 0 Å². The summed E-state index contributed by atoms with van der Waals surface area (Å²) in [6.07, 6.45) is 4.31. The summed E-state index contributed by atoms with van der Waals surface area (Å²) < 4.78 is 19.3. The Morgan fingerprint density at radius 3 is 2.81 bits per heavy atom. The molecule has 0 saturated heterocycles. The molecule has 3 nitrogen and oxygen atoms in total. The lowest BCUT2D eigenvalue weighted by Crippen LogP contribution is -2.15. The highest BCUT2D eigenvalue weighted by atomic mass is 19.1. The van der Waals surface area contributed by atoms with Crippen LogP contribution < -0.4 is 10.1 Å². The molecule has 1 saturated carbocycles. The van der Waals surface area contributed by atoms with Crippen molar-refractivity contribution in [3.05, 3.63) is 53.0 Å². The first-order valence-corrected chi connectivity index (χ1v) is 7.25. The van der Waals surface area contributed by atoms with Crippen LogP contribution >= 0.6 is 0 Å². The molecule has 1 heterocycles. The molecule has 0 amide bonds. The molecule has 1 aliphatic rings. The zero-order chi connectivity index (χ0) is 14.8. The quantitative estimate of drug-likeness (QED) is 0.905. The molecule has 0 aliphatic heterocycles. The monoisotopic (exact) mass is 286 g/mol. The predicted octanol–water partition coefficient (Wildman–Crippen LogP) is 3.88. The van der Waals surface area contributed by atoms with Gasteiger partial charge in [0.25, 0.3) is 0 Å². The third kappa shape index (κ3) is 3.58. The fraction of sp³-hybridized carbons (Fsp3) is 0.353. The lowest BCUT2D eigenvalue weighted by Gasteiger charge is -2.10. The number of benzene rings is 1. The molecular weight excluding hydrogens is 267 g/mol. The van der Waals surface area contributed by atoms with Gasteiger partial charge in [0.05, 0.1) is 0 Å². The van der Waals surface area contributed by atoms with Gasteiger partial charge in [-0.1, -0.05) is 6.07 Å². The van der Waals surface area contributed by atoms with E-state index in [0.29, 0.717) is 11.9 Å². The van der Waals surface area contributed by atoms with E-state index >= 15 is 0 Å². The predicted molar refractivity (Wildman–Crippen MR) is 80.0 cm³/mol. The number of hydrogen-bond acceptors (Lipinski definition) is 3. The number of aryl methyl sites for hydroxylation is 2. The largest absolute Gasteiger partial charge is 0.436 e. The highest BCUT2D eigenvalue weighted by molar-refractivity contribution is 5.36. The van der Waals surface area contributed by atoms with Crippen LogP contribution in [0.3, 0.4) is 0 Å². The second kappa shape index (κ2) is 5.82. The second-order valence-electron chi connectivity index (χ2n) is 5.66. The third-order valence-corrected chi connectivity index (χ3v) is 3.55. The highest BCUT2D eigenvalue weighted by Crippen LogP contribution is 2.27. The number of pyridine rings is 1. The molecule has 1 aromatic carbocycles. The van der Waals surface area contributed by atoms with Crippen molar-refractivity contribution in [3.63, 3.8) is 0 Å². The second-order valence-corrected chi connectivity index (χ2v) is 5.66. The molecule has 1 aromatic heterocycles. The van der Waals surface area contributed by atoms with Gasteiger partial charge in [-0.2, -0.15) is 0 Å². The number of nitrogens with zero attached hydrogens (tertiary/aromatic N) is 1. The molecule has 1 fully saturated rings. The summed E-state index contributed by atoms with van der Waals surface area (Å²) in [6, 6.07) is 7.51. The zero-order valence-corrected chi connectivity index (χ0v) is 12.3. The van der Waals surface area contributed by atoms with Gasteiger partial charge in [0.1, 0.15) is 0 Å². The molecule has 0 unspecified atom stereocenters. The van der Waals surface area contributed by atoms with Crippen LogP contribution in [0.5, 0.6) is 11.6 Å². The molecule has 0 spiro atoms. The Kier molecular flexibility index (Phi) is 3.88. The van der Waals surface area contributed by atoms with Crippen LogP contribution in [-0.2, 0) is 6.54 Å². The number of nitrogens with one attached hydrogen (secondary N) is 1. The topological polar surface area (TPSA) is 34.1 Å². The van der Waals surface area contributed by atoms with Gasteiger partial charge in [-0.15, -0.1) is 0 Å². The third-order valence-electron chi connectivity index (χ3n) is 3.55. The molecule has 110 valence electrons. The van der Waals surface area contributed by atoms with E-state index in [0.717, 1.165) is 23.2 Å². The van der Waals surface area contributed by atoms with E-state index in [1.54, 1.807) is 18.3 Å². The normalized spacial score (nSPS) is 14.2. The molecule has 3 rings (SSSR count). The Hall–Kier alpha value is -1.94. The molecule has 0 radical (unpaired) electrons. The average Bonchev–Trinajstić information content (AvgIpc) is 3.27. The summed E-state index contributed by atoms with van der Waals surface area (Å²) in [6.45, 7) is 4.65. The molecule has 0 bridgehead atoms. The molecule has 0 atom stereocenters. The van der Waals surface area contributed by atoms with Crippen molar-refractivity contribution < 1.29 is 9.13 Å². The molecule has 1 aliphatic carbocycles. The van der Waals surface area contributed by atoms with Gasteiger partial charge in [-0.3, -0.25) is 0 Å². The van der Waals surface area contributed by atoms with E-state index in [9.17, 15) is 4.39 Å². The lowest BCUT2D eigenvalue weighted by molar-refractivity contribution is 0.423. The maximum absolute atomic E-state index is 13.7. The standard InChI is InChI=1S/C17H19FN2O/c1-11-3-6-15(18)16(7-11)21-17-12(2)8-13(10-20-17)9-19-14-4-5-14/h3,6-8,10,14,19H,4-5,9H2,1-2H3. The van der Waals surface area contributed by atoms with Crippen molar-refractivity contribution in [2.24, 2.45) is 0 Å². The molecule has 2 aromatic rings. The molecule has 1 N–H and O–H groups in total. The van der Waals surface area contributed by atoms with Gasteiger partial charge in [0.15, 0.2) is 11.6 Å². The fourth-order valence-electron chi connectivity index (χ4n) is 2.17. The first-order chi connectivity index (χ1) is 10.1. The number of rotatable bonds is 5. The maximum Gasteiger partial charge on any atom is 0.222 e. The Bertz CT molecular complexity index is 653. The summed E-state index contributed by atoms with van der Waals surface area (Å²) in [5, 5.41) is 3.45. The van der Waals surface area contributed by atoms with Crippen molar-refractivity contribution in [2.75, 3.05) is 0 Å². The number of halogens is 1. The van der Waals surface area contributed by atoms with Crippen molar-refractivity contribution in [3.8, 4) is 11.6 Å². The number of ether oxygens (including phenoxy) is 1. The summed E-state index contributed by atoms with van der Waals surface area (Å²) in [7, 11) is 0. The van der Waals surface area contributed by atoms with Crippen molar-refractivity contribution in [1.82, 2.24) is 10.3 Å². The van der Waals surface area contributed by atoms with Gasteiger partial charge in [-0.25, -0.2) is 9.37 Å². The van der Waals surface area contributed by atoms with Crippen LogP contribution in [0.4, 0.5) is 4.39 Å². The van der Waals surface area contributed by atoms with Crippen molar-refractivity contribution >= 4 is 0 Å². The number of aromatic nitrogens is 1. The highest BCUT2D eigenvalue weighted by Gasteiger charge is 2.20. The lowest BCUT2D eigenvalue weighted by atomic mass is 10.2. The summed E-state index contributed by atoms with van der Waals surface area (Å²) in [4.78, 5) is 4.31. The first kappa shape index (κ1) is 14.0. The van der Waals surface area contributed by atoms with Crippen LogP contribution in [0.1, 0.15) is 29.5 Å². The Labute approximate surface area is 124 Å². The van der Waals surface area contributed by atoms with Crippen LogP contribution in [0.15, 0.2) is 30.5 Å². The molecular formula is C17H19FN2O. The van der Waals surface area contributed by atoms with E-state index in [1.807, 2.05) is 19.9 Å². The van der Waals surface area contributed by atoms with Gasteiger partial charge >= 0.3 is 0 Å². The van der Waals surface area contributed by atoms with Gasteiger partial charge in [0.2, 0.25) is 5.88 Å². The summed E-state index contributed by atoms with van der Waals surface area (Å²) >= 11 is 0. The van der Waals surface area contributed by atoms with Crippen molar-refractivity contribution in [2.45, 2.75) is 39.3 Å². The van der Waals surface area contributed by atoms with Gasteiger partial charge in [-0.05, 0) is 56.0 Å². The minimum atomic E-state index is -0.374.